The summed E-state index contributed by atoms with van der Waals surface area (Å²) >= 11 is 0. The van der Waals surface area contributed by atoms with Gasteiger partial charge in [-0.2, -0.15) is 0 Å². The summed E-state index contributed by atoms with van der Waals surface area (Å²) in [7, 11) is -1.98. The molecule has 2 heterocycles. The number of hydrogen-bond donors (Lipinski definition) is 0. The molecule has 1 saturated heterocycles. The zero-order valence-corrected chi connectivity index (χ0v) is 26.3. The van der Waals surface area contributed by atoms with Crippen molar-refractivity contribution in [2.45, 2.75) is 111 Å². The zero-order chi connectivity index (χ0) is 28.7. The molecule has 1 amide bonds. The maximum Gasteiger partial charge on any atom is 0.419 e. The molecule has 7 nitrogen and oxygen atoms in total. The molecule has 1 aliphatic rings. The minimum Gasteiger partial charge on any atom is -0.444 e. The van der Waals surface area contributed by atoms with Crippen molar-refractivity contribution in [3.8, 4) is 0 Å². The maximum atomic E-state index is 13.2. The molecule has 1 aromatic carbocycles. The lowest BCUT2D eigenvalue weighted by atomic mass is 9.96. The quantitative estimate of drug-likeness (QED) is 0.362. The second-order valence-electron chi connectivity index (χ2n) is 14.2. The predicted molar refractivity (Wildman–Crippen MR) is 155 cm³/mol. The number of rotatable bonds is 5. The Balaban J connectivity index is 1.85. The van der Waals surface area contributed by atoms with Crippen LogP contribution in [0.4, 0.5) is 9.59 Å². The van der Waals surface area contributed by atoms with Crippen LogP contribution in [-0.2, 0) is 20.3 Å². The molecule has 38 heavy (non-hydrogen) atoms. The Bertz CT molecular complexity index is 1150. The Labute approximate surface area is 229 Å². The second kappa shape index (κ2) is 10.7. The van der Waals surface area contributed by atoms with Gasteiger partial charge < -0.3 is 18.8 Å². The van der Waals surface area contributed by atoms with Crippen molar-refractivity contribution < 1.29 is 23.5 Å². The van der Waals surface area contributed by atoms with Crippen LogP contribution in [0.2, 0.25) is 18.1 Å². The van der Waals surface area contributed by atoms with E-state index in [9.17, 15) is 9.59 Å². The molecule has 0 radical (unpaired) electrons. The number of carbonyl (C=O) groups is 2. The second-order valence-corrected chi connectivity index (χ2v) is 19.0. The largest absolute Gasteiger partial charge is 0.444 e. The Hall–Kier alpha value is -2.32. The van der Waals surface area contributed by atoms with Gasteiger partial charge in [0.1, 0.15) is 11.2 Å². The van der Waals surface area contributed by atoms with E-state index in [0.29, 0.717) is 13.2 Å². The van der Waals surface area contributed by atoms with Crippen LogP contribution in [0, 0.1) is 5.92 Å². The number of nitrogens with zero attached hydrogens (tertiary/aromatic N) is 2. The number of para-hydroxylation sites is 1. The van der Waals surface area contributed by atoms with Crippen LogP contribution < -0.4 is 0 Å². The molecule has 2 aromatic rings. The van der Waals surface area contributed by atoms with Crippen LogP contribution >= 0.6 is 0 Å². The lowest BCUT2D eigenvalue weighted by molar-refractivity contribution is 0.0177. The van der Waals surface area contributed by atoms with Crippen molar-refractivity contribution in [3.63, 3.8) is 0 Å². The molecule has 212 valence electrons. The Morgan fingerprint density at radius 2 is 1.50 bits per heavy atom. The molecule has 0 spiro atoms. The first kappa shape index (κ1) is 30.2. The van der Waals surface area contributed by atoms with E-state index in [1.165, 1.54) is 0 Å². The van der Waals surface area contributed by atoms with Gasteiger partial charge in [-0.1, -0.05) is 39.0 Å². The van der Waals surface area contributed by atoms with E-state index in [0.717, 1.165) is 29.3 Å². The van der Waals surface area contributed by atoms with E-state index in [1.807, 2.05) is 76.9 Å². The molecule has 0 unspecified atom stereocenters. The fraction of sp³-hybridized carbons (Fsp3) is 0.667. The Kier molecular flexibility index (Phi) is 8.50. The fourth-order valence-electron chi connectivity index (χ4n) is 4.57. The zero-order valence-electron chi connectivity index (χ0n) is 25.3. The number of fused-ring (bicyclic) bond motifs is 1. The molecule has 0 aliphatic carbocycles. The molecule has 1 fully saturated rings. The third-order valence-electron chi connectivity index (χ3n) is 7.47. The SMILES string of the molecule is CC(C)(C)OC(=O)N1C[C@@H](Cc2cn(C(=O)OC(C)(C)C)c3ccccc23)C[C@H]1CO[Si](C)(C)C(C)(C)C. The van der Waals surface area contributed by atoms with Crippen LogP contribution in [0.3, 0.4) is 0 Å². The van der Waals surface area contributed by atoms with Crippen LogP contribution in [0.5, 0.6) is 0 Å². The summed E-state index contributed by atoms with van der Waals surface area (Å²) in [6.07, 6.45) is 2.78. The number of benzene rings is 1. The number of ether oxygens (including phenoxy) is 2. The maximum absolute atomic E-state index is 13.2. The van der Waals surface area contributed by atoms with Gasteiger partial charge in [-0.3, -0.25) is 4.57 Å². The van der Waals surface area contributed by atoms with Crippen LogP contribution in [0.15, 0.2) is 30.5 Å². The van der Waals surface area contributed by atoms with Crippen molar-refractivity contribution in [2.75, 3.05) is 13.2 Å². The van der Waals surface area contributed by atoms with Crippen molar-refractivity contribution in [1.82, 2.24) is 9.47 Å². The van der Waals surface area contributed by atoms with Crippen molar-refractivity contribution in [2.24, 2.45) is 5.92 Å². The van der Waals surface area contributed by atoms with Gasteiger partial charge in [0.25, 0.3) is 0 Å². The number of carbonyl (C=O) groups excluding carboxylic acids is 2. The highest BCUT2D eigenvalue weighted by molar-refractivity contribution is 6.74. The third kappa shape index (κ3) is 7.41. The van der Waals surface area contributed by atoms with Gasteiger partial charge >= 0.3 is 12.2 Å². The van der Waals surface area contributed by atoms with Gasteiger partial charge in [0.15, 0.2) is 8.32 Å². The van der Waals surface area contributed by atoms with Gasteiger partial charge in [-0.15, -0.1) is 0 Å². The van der Waals surface area contributed by atoms with Crippen LogP contribution in [0.1, 0.15) is 74.3 Å². The summed E-state index contributed by atoms with van der Waals surface area (Å²) in [4.78, 5) is 28.1. The van der Waals surface area contributed by atoms with Gasteiger partial charge in [-0.25, -0.2) is 9.59 Å². The first-order chi connectivity index (χ1) is 17.3. The van der Waals surface area contributed by atoms with Gasteiger partial charge in [0.2, 0.25) is 0 Å². The lowest BCUT2D eigenvalue weighted by Gasteiger charge is -2.38. The van der Waals surface area contributed by atoms with Gasteiger partial charge in [0, 0.05) is 18.1 Å². The number of amides is 1. The monoisotopic (exact) mass is 544 g/mol. The van der Waals surface area contributed by atoms with Crippen molar-refractivity contribution in [1.29, 1.82) is 0 Å². The molecule has 1 aromatic heterocycles. The van der Waals surface area contributed by atoms with Gasteiger partial charge in [-0.05, 0) is 90.1 Å². The van der Waals surface area contributed by atoms with Crippen LogP contribution in [0.25, 0.3) is 10.9 Å². The first-order valence-electron chi connectivity index (χ1n) is 13.7. The minimum absolute atomic E-state index is 0.0526. The molecule has 8 heteroatoms. The predicted octanol–water partition coefficient (Wildman–Crippen LogP) is 7.61. The highest BCUT2D eigenvalue weighted by Crippen LogP contribution is 2.38. The van der Waals surface area contributed by atoms with Crippen LogP contribution in [-0.4, -0.2) is 60.4 Å². The smallest absolute Gasteiger partial charge is 0.419 e. The minimum atomic E-state index is -1.98. The normalized spacial score (nSPS) is 19.2. The van der Waals surface area contributed by atoms with E-state index >= 15 is 0 Å². The topological polar surface area (TPSA) is 70.0 Å². The Morgan fingerprint density at radius 3 is 2.08 bits per heavy atom. The third-order valence-corrected chi connectivity index (χ3v) is 12.0. The molecule has 2 atom stereocenters. The lowest BCUT2D eigenvalue weighted by Crippen LogP contribution is -2.46. The molecule has 0 saturated carbocycles. The number of likely N-dealkylation sites (tertiary alicyclic amines) is 1. The fourth-order valence-corrected chi connectivity index (χ4v) is 5.61. The number of hydrogen-bond acceptors (Lipinski definition) is 5. The average molecular weight is 545 g/mol. The van der Waals surface area contributed by atoms with E-state index in [4.69, 9.17) is 13.9 Å². The highest BCUT2D eigenvalue weighted by Gasteiger charge is 2.42. The molecule has 0 N–H and O–H groups in total. The summed E-state index contributed by atoms with van der Waals surface area (Å²) in [6, 6.07) is 7.86. The molecule has 0 bridgehead atoms. The molecule has 3 rings (SSSR count). The summed E-state index contributed by atoms with van der Waals surface area (Å²) in [5, 5.41) is 1.12. The summed E-state index contributed by atoms with van der Waals surface area (Å²) in [5.74, 6) is 0.216. The standard InChI is InChI=1S/C30H48N2O5Si/c1-28(2,3)36-26(33)31-18-21(17-23(31)20-35-38(10,11)30(7,8)9)16-22-19-32(27(34)37-29(4,5)6)25-15-13-12-14-24(22)25/h12-15,19,21,23H,16-18,20H2,1-11H3/t21-,23-/m0/s1. The summed E-state index contributed by atoms with van der Waals surface area (Å²) in [5.41, 5.74) is 0.753. The number of aromatic nitrogens is 1. The average Bonchev–Trinajstić information content (AvgIpc) is 3.31. The van der Waals surface area contributed by atoms with Crippen molar-refractivity contribution >= 4 is 31.4 Å². The molecular formula is C30H48N2O5Si. The van der Waals surface area contributed by atoms with Gasteiger partial charge in [0.05, 0.1) is 18.2 Å². The molecule has 1 aliphatic heterocycles. The van der Waals surface area contributed by atoms with E-state index in [2.05, 4.69) is 33.9 Å². The van der Waals surface area contributed by atoms with Crippen molar-refractivity contribution in [3.05, 3.63) is 36.0 Å². The van der Waals surface area contributed by atoms with E-state index in [-0.39, 0.29) is 29.2 Å². The van der Waals surface area contributed by atoms with E-state index < -0.39 is 19.5 Å². The van der Waals surface area contributed by atoms with E-state index in [1.54, 1.807) is 4.57 Å². The molecular weight excluding hydrogens is 496 g/mol. The summed E-state index contributed by atoms with van der Waals surface area (Å²) < 4.78 is 19.6. The Morgan fingerprint density at radius 1 is 0.921 bits per heavy atom. The summed E-state index contributed by atoms with van der Waals surface area (Å²) in [6.45, 7) is 23.5. The highest BCUT2D eigenvalue weighted by atomic mass is 28.4. The first-order valence-corrected chi connectivity index (χ1v) is 16.6.